The van der Waals surface area contributed by atoms with Gasteiger partial charge in [0.25, 0.3) is 5.91 Å². The van der Waals surface area contributed by atoms with Gasteiger partial charge in [-0.05, 0) is 25.0 Å². The molecule has 0 saturated carbocycles. The van der Waals surface area contributed by atoms with Crippen molar-refractivity contribution < 1.29 is 9.53 Å². The topological polar surface area (TPSA) is 42.4 Å². The number of carbonyl (C=O) groups is 1. The number of rotatable bonds is 7. The Morgan fingerprint density at radius 2 is 2.16 bits per heavy atom. The average Bonchev–Trinajstić information content (AvgIpc) is 2.43. The van der Waals surface area contributed by atoms with Crippen LogP contribution in [0.5, 0.6) is 0 Å². The van der Waals surface area contributed by atoms with Gasteiger partial charge in [-0.2, -0.15) is 0 Å². The van der Waals surface area contributed by atoms with Crippen molar-refractivity contribution in [1.82, 2.24) is 9.88 Å². The smallest absolute Gasteiger partial charge is 0.257 e. The molecule has 0 saturated heterocycles. The summed E-state index contributed by atoms with van der Waals surface area (Å²) in [6, 6.07) is 3.62. The fraction of sp³-hybridized carbons (Fsp3) is 0.571. The maximum absolute atomic E-state index is 12.6. The van der Waals surface area contributed by atoms with Crippen molar-refractivity contribution in [3.05, 3.63) is 29.0 Å². The van der Waals surface area contributed by atoms with Gasteiger partial charge in [-0.1, -0.05) is 25.4 Å². The van der Waals surface area contributed by atoms with Gasteiger partial charge in [-0.15, -0.1) is 0 Å². The van der Waals surface area contributed by atoms with E-state index in [4.69, 9.17) is 16.3 Å². The minimum Gasteiger partial charge on any atom is -0.383 e. The standard InChI is InChI=1S/C14H21ClN2O2/c1-4-11(5-2)17(9-10-19-3)14(18)12-7-6-8-16-13(12)15/h6-8,11H,4-5,9-10H2,1-3H3. The summed E-state index contributed by atoms with van der Waals surface area (Å²) < 4.78 is 5.09. The number of hydrogen-bond donors (Lipinski definition) is 0. The van der Waals surface area contributed by atoms with Crippen LogP contribution in [-0.2, 0) is 4.74 Å². The Balaban J connectivity index is 2.96. The SMILES string of the molecule is CCC(CC)N(CCOC)C(=O)c1cccnc1Cl. The predicted molar refractivity (Wildman–Crippen MR) is 76.5 cm³/mol. The Hall–Kier alpha value is -1.13. The van der Waals surface area contributed by atoms with E-state index < -0.39 is 0 Å². The molecule has 0 bridgehead atoms. The van der Waals surface area contributed by atoms with Gasteiger partial charge in [-0.3, -0.25) is 4.79 Å². The van der Waals surface area contributed by atoms with E-state index in [1.54, 1.807) is 25.4 Å². The second-order valence-corrected chi connectivity index (χ2v) is 4.66. The number of carbonyl (C=O) groups excluding carboxylic acids is 1. The van der Waals surface area contributed by atoms with Crippen LogP contribution in [0.1, 0.15) is 37.0 Å². The highest BCUT2D eigenvalue weighted by Gasteiger charge is 2.23. The Kier molecular flexibility index (Phi) is 6.81. The molecule has 0 radical (unpaired) electrons. The largest absolute Gasteiger partial charge is 0.383 e. The Morgan fingerprint density at radius 3 is 2.68 bits per heavy atom. The number of amides is 1. The van der Waals surface area contributed by atoms with E-state index in [2.05, 4.69) is 18.8 Å². The number of ether oxygens (including phenoxy) is 1. The number of pyridine rings is 1. The van der Waals surface area contributed by atoms with E-state index in [1.165, 1.54) is 0 Å². The fourth-order valence-corrected chi connectivity index (χ4v) is 2.27. The first-order chi connectivity index (χ1) is 9.15. The number of nitrogens with zero attached hydrogens (tertiary/aromatic N) is 2. The average molecular weight is 285 g/mol. The lowest BCUT2D eigenvalue weighted by atomic mass is 10.1. The third kappa shape index (κ3) is 4.18. The Labute approximate surface area is 119 Å². The molecule has 0 spiro atoms. The van der Waals surface area contributed by atoms with E-state index in [9.17, 15) is 4.79 Å². The minimum atomic E-state index is -0.0798. The van der Waals surface area contributed by atoms with Crippen molar-refractivity contribution in [3.63, 3.8) is 0 Å². The summed E-state index contributed by atoms with van der Waals surface area (Å²) >= 11 is 6.00. The van der Waals surface area contributed by atoms with Gasteiger partial charge < -0.3 is 9.64 Å². The molecule has 19 heavy (non-hydrogen) atoms. The molecule has 0 atom stereocenters. The molecule has 1 rings (SSSR count). The monoisotopic (exact) mass is 284 g/mol. The second-order valence-electron chi connectivity index (χ2n) is 4.30. The molecule has 106 valence electrons. The second kappa shape index (κ2) is 8.12. The van der Waals surface area contributed by atoms with Crippen LogP contribution in [0.3, 0.4) is 0 Å². The zero-order valence-electron chi connectivity index (χ0n) is 11.7. The molecule has 0 aliphatic rings. The van der Waals surface area contributed by atoms with Crippen LogP contribution in [0.4, 0.5) is 0 Å². The first-order valence-corrected chi connectivity index (χ1v) is 6.93. The van der Waals surface area contributed by atoms with Crippen molar-refractivity contribution in [3.8, 4) is 0 Å². The molecule has 0 aliphatic carbocycles. The number of methoxy groups -OCH3 is 1. The fourth-order valence-electron chi connectivity index (χ4n) is 2.07. The molecule has 1 aromatic heterocycles. The zero-order chi connectivity index (χ0) is 14.3. The molecule has 0 aromatic carbocycles. The molecular weight excluding hydrogens is 264 g/mol. The zero-order valence-corrected chi connectivity index (χ0v) is 12.5. The van der Waals surface area contributed by atoms with E-state index in [0.29, 0.717) is 18.7 Å². The molecule has 1 amide bonds. The minimum absolute atomic E-state index is 0.0798. The van der Waals surface area contributed by atoms with Crippen molar-refractivity contribution in [2.24, 2.45) is 0 Å². The normalized spacial score (nSPS) is 10.8. The molecule has 5 heteroatoms. The molecule has 1 aromatic rings. The number of aromatic nitrogens is 1. The van der Waals surface area contributed by atoms with Crippen molar-refractivity contribution in [1.29, 1.82) is 0 Å². The summed E-state index contributed by atoms with van der Waals surface area (Å²) in [5.41, 5.74) is 0.451. The van der Waals surface area contributed by atoms with Crippen LogP contribution < -0.4 is 0 Å². The highest BCUT2D eigenvalue weighted by atomic mass is 35.5. The summed E-state index contributed by atoms with van der Waals surface area (Å²) in [5, 5.41) is 0.251. The Bertz CT molecular complexity index is 408. The van der Waals surface area contributed by atoms with Crippen LogP contribution in [0.25, 0.3) is 0 Å². The van der Waals surface area contributed by atoms with Gasteiger partial charge in [0.05, 0.1) is 12.2 Å². The van der Waals surface area contributed by atoms with Crippen LogP contribution in [-0.4, -0.2) is 42.1 Å². The molecule has 0 unspecified atom stereocenters. The van der Waals surface area contributed by atoms with Gasteiger partial charge in [0.15, 0.2) is 0 Å². The lowest BCUT2D eigenvalue weighted by Gasteiger charge is -2.30. The maximum atomic E-state index is 12.6. The summed E-state index contributed by atoms with van der Waals surface area (Å²) in [5.74, 6) is -0.0798. The molecular formula is C14H21ClN2O2. The first-order valence-electron chi connectivity index (χ1n) is 6.56. The van der Waals surface area contributed by atoms with E-state index >= 15 is 0 Å². The summed E-state index contributed by atoms with van der Waals surface area (Å²) in [7, 11) is 1.63. The number of halogens is 1. The van der Waals surface area contributed by atoms with E-state index in [1.807, 2.05) is 4.90 Å². The quantitative estimate of drug-likeness (QED) is 0.723. The van der Waals surface area contributed by atoms with Crippen LogP contribution in [0.2, 0.25) is 5.15 Å². The molecule has 0 aliphatic heterocycles. The van der Waals surface area contributed by atoms with Crippen molar-refractivity contribution >= 4 is 17.5 Å². The molecule has 4 nitrogen and oxygen atoms in total. The van der Waals surface area contributed by atoms with Crippen LogP contribution >= 0.6 is 11.6 Å². The Morgan fingerprint density at radius 1 is 1.47 bits per heavy atom. The van der Waals surface area contributed by atoms with Gasteiger partial charge in [0.1, 0.15) is 5.15 Å². The lowest BCUT2D eigenvalue weighted by Crippen LogP contribution is -2.42. The van der Waals surface area contributed by atoms with Gasteiger partial charge in [0.2, 0.25) is 0 Å². The third-order valence-electron chi connectivity index (χ3n) is 3.17. The number of hydrogen-bond acceptors (Lipinski definition) is 3. The lowest BCUT2D eigenvalue weighted by molar-refractivity contribution is 0.0589. The van der Waals surface area contributed by atoms with Gasteiger partial charge in [-0.25, -0.2) is 4.98 Å². The highest BCUT2D eigenvalue weighted by molar-refractivity contribution is 6.32. The maximum Gasteiger partial charge on any atom is 0.257 e. The summed E-state index contributed by atoms with van der Waals surface area (Å²) in [4.78, 5) is 18.4. The van der Waals surface area contributed by atoms with Crippen LogP contribution in [0.15, 0.2) is 18.3 Å². The van der Waals surface area contributed by atoms with Gasteiger partial charge in [0, 0.05) is 25.9 Å². The summed E-state index contributed by atoms with van der Waals surface area (Å²) in [6.07, 6.45) is 3.39. The van der Waals surface area contributed by atoms with Gasteiger partial charge >= 0.3 is 0 Å². The van der Waals surface area contributed by atoms with Crippen molar-refractivity contribution in [2.75, 3.05) is 20.3 Å². The van der Waals surface area contributed by atoms with Crippen molar-refractivity contribution in [2.45, 2.75) is 32.7 Å². The van der Waals surface area contributed by atoms with E-state index in [0.717, 1.165) is 12.8 Å². The van der Waals surface area contributed by atoms with E-state index in [-0.39, 0.29) is 17.1 Å². The van der Waals surface area contributed by atoms with Crippen LogP contribution in [0, 0.1) is 0 Å². The molecule has 0 fully saturated rings. The third-order valence-corrected chi connectivity index (χ3v) is 3.47. The first kappa shape index (κ1) is 15.9. The molecule has 0 N–H and O–H groups in total. The highest BCUT2D eigenvalue weighted by Crippen LogP contribution is 2.18. The predicted octanol–water partition coefficient (Wildman–Crippen LogP) is 3.01. The molecule has 1 heterocycles. The summed E-state index contributed by atoms with van der Waals surface area (Å²) in [6.45, 7) is 5.23.